The highest BCUT2D eigenvalue weighted by Gasteiger charge is 2.36. The number of fused-ring (bicyclic) bond motifs is 2. The summed E-state index contributed by atoms with van der Waals surface area (Å²) >= 11 is 0. The van der Waals surface area contributed by atoms with E-state index in [0.29, 0.717) is 95.6 Å². The van der Waals surface area contributed by atoms with Gasteiger partial charge in [0, 0.05) is 94.5 Å². The Balaban J connectivity index is 0.995. The molecule has 8 rings (SSSR count). The van der Waals surface area contributed by atoms with Crippen LogP contribution in [-0.4, -0.2) is 144 Å². The zero-order chi connectivity index (χ0) is 43.3. The number of imidazole rings is 1. The van der Waals surface area contributed by atoms with Crippen molar-refractivity contribution in [3.8, 4) is 0 Å². The van der Waals surface area contributed by atoms with Gasteiger partial charge in [-0.15, -0.1) is 0 Å². The number of hydrogen-bond acceptors (Lipinski definition) is 10. The summed E-state index contributed by atoms with van der Waals surface area (Å²) in [5.41, 5.74) is 4.58. The molecule has 19 heteroatoms. The number of pyridine rings is 2. The molecule has 3 fully saturated rings. The van der Waals surface area contributed by atoms with Crippen molar-refractivity contribution in [2.45, 2.75) is 70.0 Å². The first kappa shape index (κ1) is 41.9. The Labute approximate surface area is 356 Å². The maximum absolute atomic E-state index is 14.7. The van der Waals surface area contributed by atoms with Gasteiger partial charge in [-0.3, -0.25) is 38.8 Å². The summed E-state index contributed by atoms with van der Waals surface area (Å²) in [5.74, 6) is -2.38. The predicted molar refractivity (Wildman–Crippen MR) is 228 cm³/mol. The van der Waals surface area contributed by atoms with Crippen molar-refractivity contribution < 1.29 is 29.1 Å². The highest BCUT2D eigenvalue weighted by atomic mass is 16.4. The quantitative estimate of drug-likeness (QED) is 0.114. The number of anilines is 1. The maximum Gasteiger partial charge on any atom is 0.327 e. The molecule has 5 amide bonds. The van der Waals surface area contributed by atoms with E-state index in [1.165, 1.54) is 0 Å². The monoisotopic (exact) mass is 848 g/mol. The summed E-state index contributed by atoms with van der Waals surface area (Å²) < 4.78 is 1.70. The van der Waals surface area contributed by atoms with Crippen LogP contribution >= 0.6 is 0 Å². The van der Waals surface area contributed by atoms with Crippen LogP contribution in [0.2, 0.25) is 0 Å². The Morgan fingerprint density at radius 1 is 0.855 bits per heavy atom. The van der Waals surface area contributed by atoms with Crippen molar-refractivity contribution in [1.82, 2.24) is 55.0 Å². The van der Waals surface area contributed by atoms with Gasteiger partial charge in [0.15, 0.2) is 5.65 Å². The minimum Gasteiger partial charge on any atom is -0.481 e. The molecule has 7 heterocycles. The molecule has 5 N–H and O–H groups in total. The number of amides is 5. The first-order valence-electron chi connectivity index (χ1n) is 21.3. The Kier molecular flexibility index (Phi) is 12.5. The van der Waals surface area contributed by atoms with Gasteiger partial charge in [-0.25, -0.2) is 14.6 Å². The lowest BCUT2D eigenvalue weighted by Crippen LogP contribution is -2.59. The lowest BCUT2D eigenvalue weighted by atomic mass is 9.89. The Morgan fingerprint density at radius 2 is 1.58 bits per heavy atom. The zero-order valence-electron chi connectivity index (χ0n) is 34.7. The molecule has 19 nitrogen and oxygen atoms in total. The number of aromatic nitrogens is 6. The number of carbonyl (C=O) groups is 5. The Bertz CT molecular complexity index is 2480. The van der Waals surface area contributed by atoms with Gasteiger partial charge >= 0.3 is 17.7 Å². The third-order valence-corrected chi connectivity index (χ3v) is 12.5. The minimum atomic E-state index is -1.18. The van der Waals surface area contributed by atoms with Crippen molar-refractivity contribution in [2.75, 3.05) is 57.3 Å². The molecule has 2 atom stereocenters. The number of piperazine rings is 1. The maximum atomic E-state index is 14.7. The van der Waals surface area contributed by atoms with Crippen LogP contribution in [0.3, 0.4) is 0 Å². The first-order valence-corrected chi connectivity index (χ1v) is 21.3. The van der Waals surface area contributed by atoms with E-state index in [9.17, 15) is 28.8 Å². The molecule has 3 saturated heterocycles. The third-order valence-electron chi connectivity index (χ3n) is 12.5. The lowest BCUT2D eigenvalue weighted by molar-refractivity contribution is -0.145. The molecule has 4 aromatic heterocycles. The number of rotatable bonds is 12. The van der Waals surface area contributed by atoms with Crippen molar-refractivity contribution in [3.63, 3.8) is 0 Å². The third kappa shape index (κ3) is 9.40. The Morgan fingerprint density at radius 3 is 2.31 bits per heavy atom. The average Bonchev–Trinajstić information content (AvgIpc) is 3.90. The fourth-order valence-corrected chi connectivity index (χ4v) is 9.21. The molecule has 326 valence electrons. The zero-order valence-corrected chi connectivity index (χ0v) is 34.7. The molecular formula is C43H52N12O7. The van der Waals surface area contributed by atoms with Crippen LogP contribution in [0.5, 0.6) is 0 Å². The van der Waals surface area contributed by atoms with Gasteiger partial charge < -0.3 is 35.3 Å². The second-order valence-corrected chi connectivity index (χ2v) is 16.6. The van der Waals surface area contributed by atoms with Crippen LogP contribution in [0.4, 0.5) is 10.5 Å². The number of carbonyl (C=O) groups excluding carboxylic acids is 4. The van der Waals surface area contributed by atoms with Gasteiger partial charge in [-0.1, -0.05) is 6.07 Å². The number of aliphatic carboxylic acids is 1. The van der Waals surface area contributed by atoms with Gasteiger partial charge in [-0.05, 0) is 86.4 Å². The van der Waals surface area contributed by atoms with Gasteiger partial charge in [0.25, 0.3) is 0 Å². The second-order valence-electron chi connectivity index (χ2n) is 16.6. The molecular weight excluding hydrogens is 797 g/mol. The van der Waals surface area contributed by atoms with Gasteiger partial charge in [0.2, 0.25) is 17.7 Å². The lowest BCUT2D eigenvalue weighted by Gasteiger charge is -2.39. The van der Waals surface area contributed by atoms with Crippen molar-refractivity contribution in [2.24, 2.45) is 5.92 Å². The number of benzene rings is 1. The number of aromatic amines is 2. The number of likely N-dealkylation sites (tertiary alicyclic amines) is 2. The summed E-state index contributed by atoms with van der Waals surface area (Å²) in [6.45, 7) is 5.43. The van der Waals surface area contributed by atoms with E-state index in [1.807, 2.05) is 37.3 Å². The number of hydrogen-bond donors (Lipinski definition) is 5. The fourth-order valence-electron chi connectivity index (χ4n) is 9.21. The van der Waals surface area contributed by atoms with E-state index in [4.69, 9.17) is 5.11 Å². The van der Waals surface area contributed by atoms with E-state index in [0.717, 1.165) is 27.7 Å². The SMILES string of the molecule is Cc1cc(CC(NC(=O)N2CCC(n3c(=O)[nH]c4ncccc43)CC2)C(=O)N[C@@H](CC2CCN(C(=O)CC(=O)O)CC2)C(=O)N2CCN(c3ccncc3)CC2)cc2cn[nH]c12. The fraction of sp³-hybridized carbons (Fsp3) is 0.465. The summed E-state index contributed by atoms with van der Waals surface area (Å²) in [6.07, 6.45) is 8.81. The minimum absolute atomic E-state index is 0.0304. The van der Waals surface area contributed by atoms with Crippen molar-refractivity contribution in [1.29, 1.82) is 0 Å². The number of carboxylic acids is 1. The number of aryl methyl sites for hydroxylation is 1. The molecule has 0 aliphatic carbocycles. The van der Waals surface area contributed by atoms with E-state index < -0.39 is 42.3 Å². The van der Waals surface area contributed by atoms with Gasteiger partial charge in [0.05, 0.1) is 17.2 Å². The normalized spacial score (nSPS) is 17.6. The molecule has 0 bridgehead atoms. The van der Waals surface area contributed by atoms with Gasteiger partial charge in [-0.2, -0.15) is 5.10 Å². The first-order chi connectivity index (χ1) is 30.0. The van der Waals surface area contributed by atoms with Crippen molar-refractivity contribution >= 4 is 57.5 Å². The molecule has 0 saturated carbocycles. The van der Waals surface area contributed by atoms with Crippen LogP contribution in [0.15, 0.2) is 66.0 Å². The summed E-state index contributed by atoms with van der Waals surface area (Å²) in [4.78, 5) is 98.2. The summed E-state index contributed by atoms with van der Waals surface area (Å²) in [7, 11) is 0. The molecule has 62 heavy (non-hydrogen) atoms. The summed E-state index contributed by atoms with van der Waals surface area (Å²) in [5, 5.41) is 23.3. The topological polar surface area (TPSA) is 235 Å². The van der Waals surface area contributed by atoms with E-state index in [1.54, 1.807) is 50.1 Å². The van der Waals surface area contributed by atoms with Crippen LogP contribution in [0.25, 0.3) is 22.1 Å². The number of urea groups is 1. The number of H-pyrrole nitrogens is 2. The number of carboxylic acid groups (broad SMARTS) is 1. The predicted octanol–water partition coefficient (Wildman–Crippen LogP) is 2.20. The summed E-state index contributed by atoms with van der Waals surface area (Å²) in [6, 6.07) is 8.83. The number of nitrogens with zero attached hydrogens (tertiary/aromatic N) is 8. The largest absolute Gasteiger partial charge is 0.481 e. The van der Waals surface area contributed by atoms with Crippen LogP contribution in [0, 0.1) is 12.8 Å². The van der Waals surface area contributed by atoms with E-state index in [2.05, 4.69) is 40.7 Å². The molecule has 1 unspecified atom stereocenters. The molecule has 3 aliphatic heterocycles. The molecule has 3 aliphatic rings. The van der Waals surface area contributed by atoms with Gasteiger partial charge in [0.1, 0.15) is 18.5 Å². The average molecular weight is 849 g/mol. The Hall–Kier alpha value is -6.79. The van der Waals surface area contributed by atoms with Crippen LogP contribution in [0.1, 0.15) is 55.7 Å². The van der Waals surface area contributed by atoms with E-state index in [-0.39, 0.29) is 30.0 Å². The number of piperidine rings is 2. The molecule has 0 spiro atoms. The second kappa shape index (κ2) is 18.4. The molecule has 1 aromatic carbocycles. The van der Waals surface area contributed by atoms with E-state index >= 15 is 0 Å². The molecule has 0 radical (unpaired) electrons. The van der Waals surface area contributed by atoms with Crippen molar-refractivity contribution in [3.05, 3.63) is 82.8 Å². The van der Waals surface area contributed by atoms with Crippen LogP contribution in [-0.2, 0) is 25.6 Å². The highest BCUT2D eigenvalue weighted by Crippen LogP contribution is 2.27. The highest BCUT2D eigenvalue weighted by molar-refractivity contribution is 5.94. The smallest absolute Gasteiger partial charge is 0.327 e. The molecule has 5 aromatic rings. The standard InChI is InChI=1S/C43H52N12O7/c1-27-21-29(22-30-26-46-50-38(27)30)24-33(48-42(61)54-15-8-32(9-16-54)55-35-3-2-10-45-39(35)49-43(55)62)40(59)47-34(23-28-6-13-52(14-7-28)36(56)25-37(57)58)41(60)53-19-17-51(18-20-53)31-4-11-44-12-5-31/h2-5,10-12,21-22,26,28,32-34H,6-9,13-20,23-25H2,1H3,(H,46,50)(H,47,59)(H,48,61)(H,57,58)(H,45,49,62)/t33?,34-/m0/s1. The number of nitrogens with one attached hydrogen (secondary N) is 4. The van der Waals surface area contributed by atoms with Crippen LogP contribution < -0.4 is 21.2 Å².